The van der Waals surface area contributed by atoms with Gasteiger partial charge in [-0.15, -0.1) is 0 Å². The van der Waals surface area contributed by atoms with Crippen LogP contribution < -0.4 is 0 Å². The summed E-state index contributed by atoms with van der Waals surface area (Å²) in [7, 11) is 0. The Balaban J connectivity index is 2.73. The van der Waals surface area contributed by atoms with Crippen LogP contribution >= 0.6 is 15.9 Å². The maximum Gasteiger partial charge on any atom is 0.137 e. The van der Waals surface area contributed by atoms with Crippen molar-refractivity contribution in [1.82, 2.24) is 9.38 Å². The molecule has 0 atom stereocenters. The molecule has 2 rings (SSSR count). The van der Waals surface area contributed by atoms with Crippen LogP contribution in [0.15, 0.2) is 16.7 Å². The highest BCUT2D eigenvalue weighted by molar-refractivity contribution is 9.10. The normalized spacial score (nSPS) is 10.9. The molecule has 0 radical (unpaired) electrons. The summed E-state index contributed by atoms with van der Waals surface area (Å²) in [4.78, 5) is 15.2. The predicted octanol–water partition coefficient (Wildman–Crippen LogP) is 2.71. The van der Waals surface area contributed by atoms with Crippen LogP contribution in [0.1, 0.15) is 23.9 Å². The number of aromatic nitrogens is 2. The van der Waals surface area contributed by atoms with Crippen LogP contribution in [0.3, 0.4) is 0 Å². The standard InChI is InChI=1S/C12H13BrN2O/c1-3-10-11(4-5-16)15-7-9(13)8(2)6-12(15)14-10/h5-7H,3-4H2,1-2H3. The summed E-state index contributed by atoms with van der Waals surface area (Å²) in [5.74, 6) is 0. The Morgan fingerprint density at radius 1 is 1.56 bits per heavy atom. The van der Waals surface area contributed by atoms with E-state index >= 15 is 0 Å². The number of fused-ring (bicyclic) bond motifs is 1. The van der Waals surface area contributed by atoms with Crippen molar-refractivity contribution >= 4 is 27.9 Å². The Morgan fingerprint density at radius 2 is 2.31 bits per heavy atom. The second-order valence-electron chi connectivity index (χ2n) is 3.76. The fourth-order valence-electron chi connectivity index (χ4n) is 1.84. The number of hydrogen-bond acceptors (Lipinski definition) is 2. The van der Waals surface area contributed by atoms with Crippen molar-refractivity contribution in [3.8, 4) is 0 Å². The highest BCUT2D eigenvalue weighted by atomic mass is 79.9. The van der Waals surface area contributed by atoms with Gasteiger partial charge < -0.3 is 9.20 Å². The molecule has 2 aromatic heterocycles. The predicted molar refractivity (Wildman–Crippen MR) is 66.8 cm³/mol. The Bertz CT molecular complexity index is 545. The van der Waals surface area contributed by atoms with E-state index in [9.17, 15) is 4.79 Å². The van der Waals surface area contributed by atoms with E-state index in [1.807, 2.05) is 23.6 Å². The summed E-state index contributed by atoms with van der Waals surface area (Å²) in [6, 6.07) is 2.03. The molecule has 0 aromatic carbocycles. The van der Waals surface area contributed by atoms with Crippen molar-refractivity contribution in [2.45, 2.75) is 26.7 Å². The van der Waals surface area contributed by atoms with Crippen LogP contribution in [-0.4, -0.2) is 15.7 Å². The zero-order valence-electron chi connectivity index (χ0n) is 9.33. The van der Waals surface area contributed by atoms with Gasteiger partial charge in [-0.25, -0.2) is 4.98 Å². The molecule has 0 fully saturated rings. The number of carbonyl (C=O) groups is 1. The lowest BCUT2D eigenvalue weighted by Gasteiger charge is -2.02. The molecular weight excluding hydrogens is 268 g/mol. The van der Waals surface area contributed by atoms with Crippen molar-refractivity contribution in [2.24, 2.45) is 0 Å². The van der Waals surface area contributed by atoms with Crippen LogP contribution in [0.5, 0.6) is 0 Å². The molecule has 16 heavy (non-hydrogen) atoms. The van der Waals surface area contributed by atoms with E-state index in [-0.39, 0.29) is 0 Å². The fourth-order valence-corrected chi connectivity index (χ4v) is 2.16. The molecule has 0 N–H and O–H groups in total. The van der Waals surface area contributed by atoms with Gasteiger partial charge in [-0.1, -0.05) is 6.92 Å². The lowest BCUT2D eigenvalue weighted by atomic mass is 10.2. The number of halogens is 1. The van der Waals surface area contributed by atoms with Gasteiger partial charge in [-0.05, 0) is 40.9 Å². The fraction of sp³-hybridized carbons (Fsp3) is 0.333. The minimum absolute atomic E-state index is 0.417. The summed E-state index contributed by atoms with van der Waals surface area (Å²) >= 11 is 3.50. The molecule has 4 heteroatoms. The van der Waals surface area contributed by atoms with Crippen molar-refractivity contribution in [1.29, 1.82) is 0 Å². The number of rotatable bonds is 3. The van der Waals surface area contributed by atoms with Gasteiger partial charge in [-0.3, -0.25) is 0 Å². The highest BCUT2D eigenvalue weighted by Crippen LogP contribution is 2.21. The van der Waals surface area contributed by atoms with E-state index in [4.69, 9.17) is 0 Å². The van der Waals surface area contributed by atoms with Gasteiger partial charge in [-0.2, -0.15) is 0 Å². The van der Waals surface area contributed by atoms with E-state index < -0.39 is 0 Å². The van der Waals surface area contributed by atoms with Gasteiger partial charge in [0.2, 0.25) is 0 Å². The number of carbonyl (C=O) groups excluding carboxylic acids is 1. The number of aryl methyl sites for hydroxylation is 2. The van der Waals surface area contributed by atoms with Crippen molar-refractivity contribution < 1.29 is 4.79 Å². The molecular formula is C12H13BrN2O. The average molecular weight is 281 g/mol. The topological polar surface area (TPSA) is 34.4 Å². The van der Waals surface area contributed by atoms with Crippen LogP contribution in [0.25, 0.3) is 5.65 Å². The summed E-state index contributed by atoms with van der Waals surface area (Å²) in [5, 5.41) is 0. The number of aldehydes is 1. The van der Waals surface area contributed by atoms with Gasteiger partial charge in [0.1, 0.15) is 11.9 Å². The lowest BCUT2D eigenvalue weighted by molar-refractivity contribution is -0.107. The Kier molecular flexibility index (Phi) is 3.10. The number of hydrogen-bond donors (Lipinski definition) is 0. The van der Waals surface area contributed by atoms with Crippen LogP contribution in [0, 0.1) is 6.92 Å². The van der Waals surface area contributed by atoms with Crippen LogP contribution in [0.2, 0.25) is 0 Å². The molecule has 0 spiro atoms. The first-order valence-corrected chi connectivity index (χ1v) is 6.06. The largest absolute Gasteiger partial charge is 0.303 e. The van der Waals surface area contributed by atoms with E-state index in [1.54, 1.807) is 0 Å². The third kappa shape index (κ3) is 1.78. The minimum atomic E-state index is 0.417. The molecule has 0 bridgehead atoms. The number of imidazole rings is 1. The quantitative estimate of drug-likeness (QED) is 0.811. The number of nitrogens with zero attached hydrogens (tertiary/aromatic N) is 2. The SMILES string of the molecule is CCc1nc2cc(C)c(Br)cn2c1CC=O. The van der Waals surface area contributed by atoms with E-state index in [0.29, 0.717) is 6.42 Å². The van der Waals surface area contributed by atoms with Crippen molar-refractivity contribution in [3.05, 3.63) is 33.7 Å². The monoisotopic (exact) mass is 280 g/mol. The molecule has 2 heterocycles. The summed E-state index contributed by atoms with van der Waals surface area (Å²) in [6.07, 6.45) is 4.17. The highest BCUT2D eigenvalue weighted by Gasteiger charge is 2.11. The maximum atomic E-state index is 10.7. The Labute approximate surface area is 103 Å². The van der Waals surface area contributed by atoms with E-state index in [2.05, 4.69) is 27.8 Å². The lowest BCUT2D eigenvalue weighted by Crippen LogP contribution is -1.97. The first-order chi connectivity index (χ1) is 7.67. The number of pyridine rings is 1. The first-order valence-electron chi connectivity index (χ1n) is 5.27. The van der Waals surface area contributed by atoms with Crippen molar-refractivity contribution in [3.63, 3.8) is 0 Å². The summed E-state index contributed by atoms with van der Waals surface area (Å²) in [6.45, 7) is 4.09. The minimum Gasteiger partial charge on any atom is -0.303 e. The van der Waals surface area contributed by atoms with Crippen LogP contribution in [-0.2, 0) is 17.6 Å². The molecule has 0 aliphatic carbocycles. The molecule has 0 amide bonds. The van der Waals surface area contributed by atoms with Gasteiger partial charge >= 0.3 is 0 Å². The summed E-state index contributed by atoms with van der Waals surface area (Å²) in [5.41, 5.74) is 4.06. The second kappa shape index (κ2) is 4.37. The Morgan fingerprint density at radius 3 is 2.94 bits per heavy atom. The van der Waals surface area contributed by atoms with Gasteiger partial charge in [0, 0.05) is 17.1 Å². The van der Waals surface area contributed by atoms with Crippen LogP contribution in [0.4, 0.5) is 0 Å². The van der Waals surface area contributed by atoms with E-state index in [0.717, 1.165) is 39.8 Å². The first kappa shape index (κ1) is 11.3. The molecule has 0 saturated heterocycles. The molecule has 0 aliphatic rings. The Hall–Kier alpha value is -1.16. The average Bonchev–Trinajstić information content (AvgIpc) is 2.58. The zero-order valence-corrected chi connectivity index (χ0v) is 10.9. The smallest absolute Gasteiger partial charge is 0.137 e. The zero-order chi connectivity index (χ0) is 11.7. The second-order valence-corrected chi connectivity index (χ2v) is 4.62. The van der Waals surface area contributed by atoms with Gasteiger partial charge in [0.05, 0.1) is 11.4 Å². The maximum absolute atomic E-state index is 10.7. The van der Waals surface area contributed by atoms with E-state index in [1.165, 1.54) is 0 Å². The molecule has 0 aliphatic heterocycles. The van der Waals surface area contributed by atoms with Gasteiger partial charge in [0.25, 0.3) is 0 Å². The third-order valence-electron chi connectivity index (χ3n) is 2.70. The molecule has 3 nitrogen and oxygen atoms in total. The molecule has 0 saturated carbocycles. The van der Waals surface area contributed by atoms with Gasteiger partial charge in [0.15, 0.2) is 0 Å². The van der Waals surface area contributed by atoms with Crippen molar-refractivity contribution in [2.75, 3.05) is 0 Å². The summed E-state index contributed by atoms with van der Waals surface area (Å²) < 4.78 is 3.02. The third-order valence-corrected chi connectivity index (χ3v) is 3.53. The molecule has 0 unspecified atom stereocenters. The molecule has 2 aromatic rings. The molecule has 84 valence electrons.